The van der Waals surface area contributed by atoms with Crippen LogP contribution in [0.15, 0.2) is 53.1 Å². The molecule has 0 aliphatic rings. The highest BCUT2D eigenvalue weighted by Gasteiger charge is 2.17. The highest BCUT2D eigenvalue weighted by molar-refractivity contribution is 9.10. The maximum Gasteiger partial charge on any atom is 0.292 e. The van der Waals surface area contributed by atoms with Crippen molar-refractivity contribution < 1.29 is 4.79 Å². The molecule has 2 aromatic rings. The van der Waals surface area contributed by atoms with Gasteiger partial charge in [0.15, 0.2) is 5.11 Å². The second-order valence-corrected chi connectivity index (χ2v) is 5.13. The number of nitrogens with one attached hydrogen (secondary N) is 1. The van der Waals surface area contributed by atoms with Crippen molar-refractivity contribution in [1.82, 2.24) is 9.99 Å². The van der Waals surface area contributed by atoms with E-state index in [1.54, 1.807) is 18.2 Å². The summed E-state index contributed by atoms with van der Waals surface area (Å²) in [4.78, 5) is 16.0. The SMILES string of the molecule is NN(C(=O)c1ccccn1)C(=S)Nc1ccc(Br)cc1. The summed E-state index contributed by atoms with van der Waals surface area (Å²) in [5.41, 5.74) is 0.970. The van der Waals surface area contributed by atoms with Crippen LogP contribution in [-0.4, -0.2) is 21.0 Å². The van der Waals surface area contributed by atoms with Gasteiger partial charge in [-0.2, -0.15) is 0 Å². The van der Waals surface area contributed by atoms with Crippen molar-refractivity contribution in [2.45, 2.75) is 0 Å². The number of hydrogen-bond donors (Lipinski definition) is 2. The lowest BCUT2D eigenvalue weighted by atomic mass is 10.3. The number of benzene rings is 1. The van der Waals surface area contributed by atoms with Crippen LogP contribution < -0.4 is 11.2 Å². The van der Waals surface area contributed by atoms with E-state index in [-0.39, 0.29) is 10.8 Å². The standard InChI is InChI=1S/C13H11BrN4OS/c14-9-4-6-10(7-5-9)17-13(20)18(15)12(19)11-3-1-2-8-16-11/h1-8H,15H2,(H,17,20). The Kier molecular flexibility index (Phi) is 4.78. The number of nitrogens with two attached hydrogens (primary N) is 1. The Morgan fingerprint density at radius 2 is 1.95 bits per heavy atom. The van der Waals surface area contributed by atoms with Crippen LogP contribution in [0.4, 0.5) is 5.69 Å². The molecule has 102 valence electrons. The molecule has 0 atom stereocenters. The number of thiocarbonyl (C=S) groups is 1. The fraction of sp³-hybridized carbons (Fsp3) is 0. The molecular weight excluding hydrogens is 340 g/mol. The zero-order chi connectivity index (χ0) is 14.5. The summed E-state index contributed by atoms with van der Waals surface area (Å²) < 4.78 is 0.947. The molecule has 0 aliphatic heterocycles. The summed E-state index contributed by atoms with van der Waals surface area (Å²) in [7, 11) is 0. The number of carbonyl (C=O) groups is 1. The quantitative estimate of drug-likeness (QED) is 0.377. The molecule has 1 aromatic carbocycles. The molecule has 20 heavy (non-hydrogen) atoms. The van der Waals surface area contributed by atoms with Crippen LogP contribution in [0.1, 0.15) is 10.5 Å². The minimum absolute atomic E-state index is 0.1000. The molecule has 0 radical (unpaired) electrons. The van der Waals surface area contributed by atoms with Crippen molar-refractivity contribution in [3.05, 3.63) is 58.8 Å². The molecule has 0 bridgehead atoms. The van der Waals surface area contributed by atoms with Crippen LogP contribution in [0.25, 0.3) is 0 Å². The number of anilines is 1. The molecule has 5 nitrogen and oxygen atoms in total. The smallest absolute Gasteiger partial charge is 0.292 e. The van der Waals surface area contributed by atoms with Gasteiger partial charge in [-0.1, -0.05) is 22.0 Å². The third kappa shape index (κ3) is 3.60. The summed E-state index contributed by atoms with van der Waals surface area (Å²) in [5.74, 6) is 5.23. The van der Waals surface area contributed by atoms with E-state index >= 15 is 0 Å². The van der Waals surface area contributed by atoms with E-state index in [4.69, 9.17) is 18.1 Å². The van der Waals surface area contributed by atoms with Crippen molar-refractivity contribution in [2.24, 2.45) is 5.84 Å². The molecule has 7 heteroatoms. The predicted molar refractivity (Wildman–Crippen MR) is 85.0 cm³/mol. The van der Waals surface area contributed by atoms with E-state index in [0.29, 0.717) is 0 Å². The third-order valence-corrected chi connectivity index (χ3v) is 3.24. The van der Waals surface area contributed by atoms with Gasteiger partial charge in [-0.25, -0.2) is 10.9 Å². The minimum Gasteiger partial charge on any atom is -0.331 e. The lowest BCUT2D eigenvalue weighted by Gasteiger charge is -2.18. The highest BCUT2D eigenvalue weighted by Crippen LogP contribution is 2.14. The molecule has 0 aliphatic carbocycles. The van der Waals surface area contributed by atoms with Gasteiger partial charge in [-0.05, 0) is 48.6 Å². The lowest BCUT2D eigenvalue weighted by Crippen LogP contribution is -2.45. The summed E-state index contributed by atoms with van der Waals surface area (Å²) >= 11 is 8.43. The van der Waals surface area contributed by atoms with Crippen molar-refractivity contribution >= 4 is 44.9 Å². The molecule has 1 heterocycles. The lowest BCUT2D eigenvalue weighted by molar-refractivity contribution is 0.0844. The van der Waals surface area contributed by atoms with Crippen LogP contribution in [0.2, 0.25) is 0 Å². The van der Waals surface area contributed by atoms with Crippen molar-refractivity contribution in [3.63, 3.8) is 0 Å². The Morgan fingerprint density at radius 3 is 2.55 bits per heavy atom. The molecule has 0 saturated carbocycles. The van der Waals surface area contributed by atoms with Crippen LogP contribution in [-0.2, 0) is 0 Å². The summed E-state index contributed by atoms with van der Waals surface area (Å²) in [6.45, 7) is 0. The number of carbonyl (C=O) groups excluding carboxylic acids is 1. The van der Waals surface area contributed by atoms with E-state index in [1.807, 2.05) is 24.3 Å². The Hall–Kier alpha value is -1.83. The van der Waals surface area contributed by atoms with E-state index in [1.165, 1.54) is 6.20 Å². The number of nitrogens with zero attached hydrogens (tertiary/aromatic N) is 2. The number of hydrazine groups is 1. The fourth-order valence-corrected chi connectivity index (χ4v) is 1.89. The number of rotatable bonds is 2. The maximum absolute atomic E-state index is 12.0. The molecule has 1 amide bonds. The Bertz CT molecular complexity index is 618. The van der Waals surface area contributed by atoms with Gasteiger partial charge in [0.05, 0.1) is 0 Å². The van der Waals surface area contributed by atoms with Gasteiger partial charge >= 0.3 is 0 Å². The molecule has 0 fully saturated rings. The normalized spacial score (nSPS) is 9.90. The fourth-order valence-electron chi connectivity index (χ4n) is 1.42. The first-order valence-corrected chi connectivity index (χ1v) is 6.85. The molecular formula is C13H11BrN4OS. The number of hydrogen-bond acceptors (Lipinski definition) is 4. The van der Waals surface area contributed by atoms with Gasteiger partial charge in [-0.15, -0.1) is 0 Å². The summed E-state index contributed by atoms with van der Waals surface area (Å²) in [5, 5.41) is 3.84. The maximum atomic E-state index is 12.0. The average molecular weight is 351 g/mol. The first-order chi connectivity index (χ1) is 9.58. The van der Waals surface area contributed by atoms with E-state index in [2.05, 4.69) is 26.2 Å². The Labute approximate surface area is 129 Å². The molecule has 1 aromatic heterocycles. The number of amides is 1. The molecule has 3 N–H and O–H groups in total. The zero-order valence-electron chi connectivity index (χ0n) is 10.3. The van der Waals surface area contributed by atoms with Gasteiger partial charge in [0.25, 0.3) is 5.91 Å². The number of halogens is 1. The van der Waals surface area contributed by atoms with Crippen molar-refractivity contribution in [1.29, 1.82) is 0 Å². The molecule has 2 rings (SSSR count). The van der Waals surface area contributed by atoms with Gasteiger partial charge in [0.2, 0.25) is 0 Å². The van der Waals surface area contributed by atoms with E-state index < -0.39 is 5.91 Å². The highest BCUT2D eigenvalue weighted by atomic mass is 79.9. The first-order valence-electron chi connectivity index (χ1n) is 5.64. The van der Waals surface area contributed by atoms with Gasteiger partial charge in [0.1, 0.15) is 5.69 Å². The largest absolute Gasteiger partial charge is 0.331 e. The molecule has 0 saturated heterocycles. The predicted octanol–water partition coefficient (Wildman–Crippen LogP) is 2.56. The number of aromatic nitrogens is 1. The van der Waals surface area contributed by atoms with Crippen molar-refractivity contribution in [3.8, 4) is 0 Å². The Morgan fingerprint density at radius 1 is 1.25 bits per heavy atom. The van der Waals surface area contributed by atoms with E-state index in [0.717, 1.165) is 15.2 Å². The second kappa shape index (κ2) is 6.56. The van der Waals surface area contributed by atoms with Gasteiger partial charge in [-0.3, -0.25) is 9.78 Å². The van der Waals surface area contributed by atoms with Gasteiger partial charge < -0.3 is 5.32 Å². The first kappa shape index (κ1) is 14.6. The average Bonchev–Trinajstić information content (AvgIpc) is 2.49. The Balaban J connectivity index is 2.05. The zero-order valence-corrected chi connectivity index (χ0v) is 12.7. The third-order valence-electron chi connectivity index (χ3n) is 2.42. The van der Waals surface area contributed by atoms with Gasteiger partial charge in [0, 0.05) is 16.4 Å². The topological polar surface area (TPSA) is 71.2 Å². The monoisotopic (exact) mass is 350 g/mol. The molecule has 0 spiro atoms. The van der Waals surface area contributed by atoms with Crippen LogP contribution in [0.5, 0.6) is 0 Å². The molecule has 0 unspecified atom stereocenters. The number of pyridine rings is 1. The summed E-state index contributed by atoms with van der Waals surface area (Å²) in [6.07, 6.45) is 1.52. The van der Waals surface area contributed by atoms with Crippen LogP contribution >= 0.6 is 28.1 Å². The second-order valence-electron chi connectivity index (χ2n) is 3.83. The van der Waals surface area contributed by atoms with Crippen molar-refractivity contribution in [2.75, 3.05) is 5.32 Å². The van der Waals surface area contributed by atoms with Crippen LogP contribution in [0.3, 0.4) is 0 Å². The minimum atomic E-state index is -0.472. The summed E-state index contributed by atoms with van der Waals surface area (Å²) in [6, 6.07) is 12.3. The van der Waals surface area contributed by atoms with Crippen LogP contribution in [0, 0.1) is 0 Å². The van der Waals surface area contributed by atoms with E-state index in [9.17, 15) is 4.79 Å².